The van der Waals surface area contributed by atoms with Crippen molar-refractivity contribution in [3.8, 4) is 0 Å². The molecule has 2 rings (SSSR count). The Morgan fingerprint density at radius 3 is 2.48 bits per heavy atom. The molecule has 1 aromatic heterocycles. The summed E-state index contributed by atoms with van der Waals surface area (Å²) in [4.78, 5) is 41.6. The van der Waals surface area contributed by atoms with Crippen LogP contribution in [0.15, 0.2) is 34.1 Å². The van der Waals surface area contributed by atoms with Crippen molar-refractivity contribution in [2.75, 3.05) is 13.7 Å². The third kappa shape index (κ3) is 4.69. The van der Waals surface area contributed by atoms with Gasteiger partial charge in [-0.15, -0.1) is 11.8 Å². The molecule has 1 aromatic carbocycles. The van der Waals surface area contributed by atoms with Crippen molar-refractivity contribution in [2.24, 2.45) is 0 Å². The lowest BCUT2D eigenvalue weighted by Gasteiger charge is -2.10. The Morgan fingerprint density at radius 2 is 1.88 bits per heavy atom. The van der Waals surface area contributed by atoms with Gasteiger partial charge < -0.3 is 14.5 Å². The SMILES string of the molecule is CCOC(=O)c1c(SCc2ccc(C(=O)OC)cc2)nc(=O)[nH]c1C. The van der Waals surface area contributed by atoms with Gasteiger partial charge in [-0.05, 0) is 31.5 Å². The molecule has 25 heavy (non-hydrogen) atoms. The molecule has 0 atom stereocenters. The summed E-state index contributed by atoms with van der Waals surface area (Å²) in [6.07, 6.45) is 0. The molecule has 0 spiro atoms. The summed E-state index contributed by atoms with van der Waals surface area (Å²) in [5.74, 6) is -0.452. The van der Waals surface area contributed by atoms with Gasteiger partial charge in [0.15, 0.2) is 0 Å². The monoisotopic (exact) mass is 362 g/mol. The second kappa shape index (κ2) is 8.48. The maximum atomic E-state index is 12.1. The van der Waals surface area contributed by atoms with Gasteiger partial charge in [-0.1, -0.05) is 12.1 Å². The highest BCUT2D eigenvalue weighted by atomic mass is 32.2. The number of esters is 2. The van der Waals surface area contributed by atoms with E-state index < -0.39 is 17.6 Å². The molecular weight excluding hydrogens is 344 g/mol. The van der Waals surface area contributed by atoms with Crippen LogP contribution < -0.4 is 5.69 Å². The molecule has 1 N–H and O–H groups in total. The number of nitrogens with one attached hydrogen (secondary N) is 1. The first-order valence-electron chi connectivity index (χ1n) is 7.54. The summed E-state index contributed by atoms with van der Waals surface area (Å²) in [6.45, 7) is 3.57. The molecule has 0 unspecified atom stereocenters. The summed E-state index contributed by atoms with van der Waals surface area (Å²) in [5.41, 5.74) is 1.52. The van der Waals surface area contributed by atoms with Gasteiger partial charge in [-0.3, -0.25) is 0 Å². The minimum Gasteiger partial charge on any atom is -0.465 e. The van der Waals surface area contributed by atoms with Gasteiger partial charge in [-0.2, -0.15) is 4.98 Å². The number of carbonyl (C=O) groups is 2. The van der Waals surface area contributed by atoms with Crippen molar-refractivity contribution in [3.63, 3.8) is 0 Å². The minimum atomic E-state index is -0.521. The van der Waals surface area contributed by atoms with Crippen molar-refractivity contribution >= 4 is 23.7 Å². The molecular formula is C17H18N2O5S. The van der Waals surface area contributed by atoms with Gasteiger partial charge in [0.25, 0.3) is 0 Å². The van der Waals surface area contributed by atoms with Crippen LogP contribution in [0.5, 0.6) is 0 Å². The number of H-pyrrole nitrogens is 1. The number of thioether (sulfide) groups is 1. The second-order valence-corrected chi connectivity index (χ2v) is 6.01. The molecule has 0 aliphatic carbocycles. The Hall–Kier alpha value is -2.61. The molecule has 0 amide bonds. The summed E-state index contributed by atoms with van der Waals surface area (Å²) in [5, 5.41) is 0.316. The third-order valence-electron chi connectivity index (χ3n) is 3.32. The van der Waals surface area contributed by atoms with Crippen LogP contribution in [0, 0.1) is 6.92 Å². The molecule has 0 radical (unpaired) electrons. The van der Waals surface area contributed by atoms with E-state index in [0.717, 1.165) is 5.56 Å². The fraction of sp³-hybridized carbons (Fsp3) is 0.294. The minimum absolute atomic E-state index is 0.233. The number of aromatic nitrogens is 2. The number of hydrogen-bond donors (Lipinski definition) is 1. The molecule has 0 bridgehead atoms. The number of hydrogen-bond acceptors (Lipinski definition) is 7. The van der Waals surface area contributed by atoms with Gasteiger partial charge >= 0.3 is 17.6 Å². The number of aromatic amines is 1. The molecule has 0 saturated carbocycles. The van der Waals surface area contributed by atoms with Crippen LogP contribution in [0.3, 0.4) is 0 Å². The molecule has 8 heteroatoms. The van der Waals surface area contributed by atoms with Crippen molar-refractivity contribution < 1.29 is 19.1 Å². The van der Waals surface area contributed by atoms with Crippen molar-refractivity contribution in [1.29, 1.82) is 0 Å². The van der Waals surface area contributed by atoms with Gasteiger partial charge in [-0.25, -0.2) is 14.4 Å². The summed E-state index contributed by atoms with van der Waals surface area (Å²) < 4.78 is 9.68. The van der Waals surface area contributed by atoms with Crippen LogP contribution in [-0.2, 0) is 15.2 Å². The van der Waals surface area contributed by atoms with Gasteiger partial charge in [0.05, 0.1) is 19.3 Å². The highest BCUT2D eigenvalue weighted by Crippen LogP contribution is 2.25. The normalized spacial score (nSPS) is 10.4. The molecule has 0 saturated heterocycles. The average molecular weight is 362 g/mol. The lowest BCUT2D eigenvalue weighted by atomic mass is 10.1. The van der Waals surface area contributed by atoms with Crippen molar-refractivity contribution in [1.82, 2.24) is 9.97 Å². The Morgan fingerprint density at radius 1 is 1.20 bits per heavy atom. The van der Waals surface area contributed by atoms with E-state index in [1.54, 1.807) is 38.1 Å². The standard InChI is InChI=1S/C17H18N2O5S/c1-4-24-16(21)13-10(2)18-17(22)19-14(13)25-9-11-5-7-12(8-6-11)15(20)23-3/h5-8H,4,9H2,1-3H3,(H,18,19,22). The lowest BCUT2D eigenvalue weighted by molar-refractivity contribution is 0.0518. The molecule has 132 valence electrons. The predicted molar refractivity (Wildman–Crippen MR) is 92.9 cm³/mol. The number of ether oxygens (including phenoxy) is 2. The van der Waals surface area contributed by atoms with E-state index in [9.17, 15) is 14.4 Å². The quantitative estimate of drug-likeness (QED) is 0.478. The zero-order valence-corrected chi connectivity index (χ0v) is 14.9. The summed E-state index contributed by atoms with van der Waals surface area (Å²) in [7, 11) is 1.32. The summed E-state index contributed by atoms with van der Waals surface area (Å²) in [6, 6.07) is 6.88. The van der Waals surface area contributed by atoms with Gasteiger partial charge in [0, 0.05) is 11.4 Å². The van der Waals surface area contributed by atoms with Crippen LogP contribution in [0.2, 0.25) is 0 Å². The van der Waals surface area contributed by atoms with E-state index in [4.69, 9.17) is 4.74 Å². The number of carbonyl (C=O) groups excluding carboxylic acids is 2. The Labute approximate surface area is 148 Å². The van der Waals surface area contributed by atoms with Crippen LogP contribution in [0.25, 0.3) is 0 Å². The Kier molecular flexibility index (Phi) is 6.35. The van der Waals surface area contributed by atoms with Crippen molar-refractivity contribution in [3.05, 3.63) is 57.1 Å². The molecule has 0 aliphatic rings. The molecule has 2 aromatic rings. The fourth-order valence-corrected chi connectivity index (χ4v) is 3.14. The van der Waals surface area contributed by atoms with E-state index in [1.165, 1.54) is 18.9 Å². The van der Waals surface area contributed by atoms with E-state index >= 15 is 0 Å². The van der Waals surface area contributed by atoms with Gasteiger partial charge in [0.2, 0.25) is 0 Å². The highest BCUT2D eigenvalue weighted by Gasteiger charge is 2.19. The zero-order chi connectivity index (χ0) is 18.4. The maximum absolute atomic E-state index is 12.1. The Balaban J connectivity index is 2.21. The second-order valence-electron chi connectivity index (χ2n) is 5.04. The largest absolute Gasteiger partial charge is 0.465 e. The van der Waals surface area contributed by atoms with Crippen LogP contribution in [0.1, 0.15) is 38.9 Å². The number of rotatable bonds is 6. The first-order valence-corrected chi connectivity index (χ1v) is 8.53. The summed E-state index contributed by atoms with van der Waals surface area (Å²) >= 11 is 1.25. The van der Waals surface area contributed by atoms with Crippen LogP contribution in [0.4, 0.5) is 0 Å². The van der Waals surface area contributed by atoms with Crippen LogP contribution >= 0.6 is 11.8 Å². The topological polar surface area (TPSA) is 98.3 Å². The maximum Gasteiger partial charge on any atom is 0.346 e. The third-order valence-corrected chi connectivity index (χ3v) is 4.36. The predicted octanol–water partition coefficient (Wildman–Crippen LogP) is 2.33. The number of nitrogens with zero attached hydrogens (tertiary/aromatic N) is 1. The molecule has 0 fully saturated rings. The number of methoxy groups -OCH3 is 1. The van der Waals surface area contributed by atoms with Crippen molar-refractivity contribution in [2.45, 2.75) is 24.6 Å². The number of aryl methyl sites for hydroxylation is 1. The average Bonchev–Trinajstić information content (AvgIpc) is 2.59. The Bertz CT molecular complexity index is 830. The van der Waals surface area contributed by atoms with E-state index in [1.807, 2.05) is 0 Å². The zero-order valence-electron chi connectivity index (χ0n) is 14.1. The smallest absolute Gasteiger partial charge is 0.346 e. The van der Waals surface area contributed by atoms with E-state index in [-0.39, 0.29) is 12.2 Å². The molecule has 1 heterocycles. The van der Waals surface area contributed by atoms with E-state index in [2.05, 4.69) is 14.7 Å². The fourth-order valence-electron chi connectivity index (χ4n) is 2.11. The first-order chi connectivity index (χ1) is 12.0. The van der Waals surface area contributed by atoms with Crippen LogP contribution in [-0.4, -0.2) is 35.6 Å². The van der Waals surface area contributed by atoms with E-state index in [0.29, 0.717) is 22.0 Å². The lowest BCUT2D eigenvalue weighted by Crippen LogP contribution is -2.19. The molecule has 0 aliphatic heterocycles. The number of benzene rings is 1. The molecule has 7 nitrogen and oxygen atoms in total. The van der Waals surface area contributed by atoms with Gasteiger partial charge in [0.1, 0.15) is 10.6 Å². The highest BCUT2D eigenvalue weighted by molar-refractivity contribution is 7.98. The first kappa shape index (κ1) is 18.7.